The normalized spacial score (nSPS) is 11.5. The van der Waals surface area contributed by atoms with Crippen molar-refractivity contribution >= 4 is 90.8 Å². The third-order valence-corrected chi connectivity index (χ3v) is 10.3. The van der Waals surface area contributed by atoms with Crippen molar-refractivity contribution in [1.29, 1.82) is 0 Å². The largest absolute Gasteiger partial charge is 0.494 e. The third-order valence-electron chi connectivity index (χ3n) is 8.51. The lowest BCUT2D eigenvalue weighted by molar-refractivity contribution is 0.340. The Balaban J connectivity index is 1.25. The highest BCUT2D eigenvalue weighted by Gasteiger charge is 2.19. The molecule has 0 aliphatic heterocycles. The molecule has 0 saturated carbocycles. The molecule has 336 valence electrons. The first-order valence-electron chi connectivity index (χ1n) is 19.6. The summed E-state index contributed by atoms with van der Waals surface area (Å²) in [7, 11) is -9.72. The summed E-state index contributed by atoms with van der Waals surface area (Å²) < 4.78 is 82.3. The lowest BCUT2D eigenvalue weighted by Gasteiger charge is -2.13. The summed E-state index contributed by atoms with van der Waals surface area (Å²) in [5, 5.41) is 18.0. The molecule has 64 heavy (non-hydrogen) atoms. The van der Waals surface area contributed by atoms with Gasteiger partial charge in [-0.15, -0.1) is 0 Å². The summed E-state index contributed by atoms with van der Waals surface area (Å²) in [6, 6.07) is 22.2. The molecule has 0 aliphatic rings. The molecule has 22 nitrogen and oxygen atoms in total. The summed E-state index contributed by atoms with van der Waals surface area (Å²) in [5.74, 6) is 2.02. The monoisotopic (exact) mass is 914 g/mol. The molecular formula is C40H46N14O8S2. The van der Waals surface area contributed by atoms with Crippen molar-refractivity contribution in [2.24, 2.45) is 11.5 Å². The van der Waals surface area contributed by atoms with E-state index in [9.17, 15) is 25.9 Å². The van der Waals surface area contributed by atoms with Crippen LogP contribution >= 0.6 is 0 Å². The molecule has 2 heterocycles. The number of benzene rings is 4. The van der Waals surface area contributed by atoms with Gasteiger partial charge in [0.1, 0.15) is 21.3 Å². The molecule has 6 rings (SSSR count). The Kier molecular flexibility index (Phi) is 15.4. The minimum absolute atomic E-state index is 0.0133. The Morgan fingerprint density at radius 3 is 1.12 bits per heavy atom. The number of aromatic nitrogens is 6. The maximum Gasteiger partial charge on any atom is 0.295 e. The second kappa shape index (κ2) is 21.2. The quantitative estimate of drug-likeness (QED) is 0.0308. The fourth-order valence-electron chi connectivity index (χ4n) is 5.75. The molecule has 0 fully saturated rings. The van der Waals surface area contributed by atoms with Crippen LogP contribution in [0.2, 0.25) is 0 Å². The van der Waals surface area contributed by atoms with Gasteiger partial charge >= 0.3 is 0 Å². The van der Waals surface area contributed by atoms with Crippen LogP contribution in [0.1, 0.15) is 25.0 Å². The Hall–Kier alpha value is -7.22. The van der Waals surface area contributed by atoms with E-state index in [0.29, 0.717) is 49.2 Å². The molecule has 12 N–H and O–H groups in total. The van der Waals surface area contributed by atoms with E-state index in [-0.39, 0.29) is 71.3 Å². The molecule has 6 aromatic rings. The van der Waals surface area contributed by atoms with Crippen LogP contribution in [0.25, 0.3) is 12.2 Å². The topological polar surface area (TPSA) is 329 Å². The van der Waals surface area contributed by atoms with Crippen LogP contribution in [-0.4, -0.2) is 95.2 Å². The molecule has 0 aliphatic carbocycles. The van der Waals surface area contributed by atoms with E-state index in [4.69, 9.17) is 20.9 Å². The second-order valence-electron chi connectivity index (χ2n) is 13.2. The van der Waals surface area contributed by atoms with Crippen molar-refractivity contribution in [3.63, 3.8) is 0 Å². The van der Waals surface area contributed by atoms with Gasteiger partial charge in [-0.3, -0.25) is 9.11 Å². The van der Waals surface area contributed by atoms with Gasteiger partial charge in [0.2, 0.25) is 35.7 Å². The number of ether oxygens (including phenoxy) is 2. The average Bonchev–Trinajstić information content (AvgIpc) is 3.25. The molecule has 2 aromatic heterocycles. The molecule has 0 atom stereocenters. The Morgan fingerprint density at radius 2 is 0.812 bits per heavy atom. The molecular weight excluding hydrogens is 869 g/mol. The lowest BCUT2D eigenvalue weighted by atomic mass is 10.1. The molecule has 0 spiro atoms. The van der Waals surface area contributed by atoms with Crippen LogP contribution in [0, 0.1) is 0 Å². The zero-order valence-electron chi connectivity index (χ0n) is 34.5. The highest BCUT2D eigenvalue weighted by molar-refractivity contribution is 7.86. The molecule has 0 saturated heterocycles. The number of nitrogens with zero attached hydrogens (tertiary/aromatic N) is 6. The van der Waals surface area contributed by atoms with Crippen molar-refractivity contribution < 1.29 is 35.4 Å². The number of hydrogen-bond acceptors (Lipinski definition) is 20. The zero-order valence-corrected chi connectivity index (χ0v) is 36.1. The molecule has 0 bridgehead atoms. The predicted molar refractivity (Wildman–Crippen MR) is 245 cm³/mol. The van der Waals surface area contributed by atoms with Gasteiger partial charge in [-0.25, -0.2) is 0 Å². The number of hydrogen-bond donors (Lipinski definition) is 10. The SMILES string of the molecule is CCOc1ccc(Nc2nc(NCCN)nc(Nc3ccc(/C=C/c4ccc(Nc5nc(NCCN)nc(Nc6ccc(OCC)cc6)n5)cc4S(=O)(=O)O)c(S(=O)(=O)O)c3)n2)cc1. The maximum absolute atomic E-state index is 12.7. The summed E-state index contributed by atoms with van der Waals surface area (Å²) in [5.41, 5.74) is 12.9. The van der Waals surface area contributed by atoms with Gasteiger partial charge in [-0.05, 0) is 97.8 Å². The zero-order chi connectivity index (χ0) is 45.7. The van der Waals surface area contributed by atoms with E-state index < -0.39 is 30.0 Å². The summed E-state index contributed by atoms with van der Waals surface area (Å²) in [6.45, 7) is 6.05. The molecule has 4 aromatic carbocycles. The van der Waals surface area contributed by atoms with Gasteiger partial charge in [0, 0.05) is 48.9 Å². The number of nitrogens with one attached hydrogen (secondary N) is 6. The number of nitrogens with two attached hydrogens (primary N) is 2. The van der Waals surface area contributed by atoms with Crippen LogP contribution in [0.5, 0.6) is 11.5 Å². The molecule has 24 heteroatoms. The van der Waals surface area contributed by atoms with E-state index in [1.807, 2.05) is 13.8 Å². The van der Waals surface area contributed by atoms with E-state index in [2.05, 4.69) is 61.8 Å². The predicted octanol–water partition coefficient (Wildman–Crippen LogP) is 5.23. The van der Waals surface area contributed by atoms with Crippen LogP contribution in [-0.2, 0) is 20.2 Å². The highest BCUT2D eigenvalue weighted by atomic mass is 32.2. The van der Waals surface area contributed by atoms with Crippen LogP contribution in [0.3, 0.4) is 0 Å². The van der Waals surface area contributed by atoms with Crippen LogP contribution in [0.15, 0.2) is 94.7 Å². The van der Waals surface area contributed by atoms with Gasteiger partial charge < -0.3 is 52.8 Å². The Morgan fingerprint density at radius 1 is 0.500 bits per heavy atom. The van der Waals surface area contributed by atoms with Crippen LogP contribution < -0.4 is 52.8 Å². The number of anilines is 10. The fourth-order valence-corrected chi connectivity index (χ4v) is 7.17. The molecule has 0 radical (unpaired) electrons. The van der Waals surface area contributed by atoms with E-state index in [1.165, 1.54) is 36.4 Å². The first-order valence-corrected chi connectivity index (χ1v) is 22.5. The van der Waals surface area contributed by atoms with E-state index in [0.717, 1.165) is 12.1 Å². The van der Waals surface area contributed by atoms with Crippen molar-refractivity contribution in [3.8, 4) is 11.5 Å². The highest BCUT2D eigenvalue weighted by Crippen LogP contribution is 2.29. The van der Waals surface area contributed by atoms with Gasteiger partial charge in [0.25, 0.3) is 20.2 Å². The van der Waals surface area contributed by atoms with E-state index in [1.54, 1.807) is 48.5 Å². The first kappa shape index (κ1) is 46.3. The smallest absolute Gasteiger partial charge is 0.295 e. The van der Waals surface area contributed by atoms with E-state index >= 15 is 0 Å². The Bertz CT molecular complexity index is 2610. The molecule has 0 amide bonds. The van der Waals surface area contributed by atoms with Gasteiger partial charge in [0.05, 0.1) is 13.2 Å². The minimum Gasteiger partial charge on any atom is -0.494 e. The maximum atomic E-state index is 12.7. The van der Waals surface area contributed by atoms with Gasteiger partial charge in [-0.2, -0.15) is 46.7 Å². The first-order chi connectivity index (χ1) is 30.7. The van der Waals surface area contributed by atoms with Crippen molar-refractivity contribution in [1.82, 2.24) is 29.9 Å². The fraction of sp³-hybridized carbons (Fsp3) is 0.200. The summed E-state index contributed by atoms with van der Waals surface area (Å²) >= 11 is 0. The second-order valence-corrected chi connectivity index (χ2v) is 16.0. The number of rotatable bonds is 22. The standard InChI is InChI=1S/C40H46N14O8S2/c1-3-61-31-15-11-27(12-16-31)45-37-49-35(43-21-19-41)51-39(53-37)47-29-9-7-25(33(23-29)63(55,56)57)5-6-26-8-10-30(24-34(26)64(58,59)60)48-40-52-36(44-22-20-42)50-38(54-40)46-28-13-17-32(18-14-28)62-4-2/h5-18,23-24H,3-4,19-22,41-42H2,1-2H3,(H,55,56,57)(H,58,59,60)(H3,43,45,47,49,51,53)(H3,44,46,48,50,52,54)/b6-5+. The summed E-state index contributed by atoms with van der Waals surface area (Å²) in [4.78, 5) is 25.2. The molecule has 0 unspecified atom stereocenters. The lowest BCUT2D eigenvalue weighted by Crippen LogP contribution is -2.16. The van der Waals surface area contributed by atoms with Crippen LogP contribution in [0.4, 0.5) is 58.4 Å². The average molecular weight is 915 g/mol. The van der Waals surface area contributed by atoms with Crippen molar-refractivity contribution in [2.45, 2.75) is 23.6 Å². The summed E-state index contributed by atoms with van der Waals surface area (Å²) in [6.07, 6.45) is 2.53. The Labute approximate surface area is 368 Å². The minimum atomic E-state index is -4.86. The van der Waals surface area contributed by atoms with Crippen molar-refractivity contribution in [2.75, 3.05) is 71.3 Å². The van der Waals surface area contributed by atoms with Gasteiger partial charge in [0.15, 0.2) is 0 Å². The van der Waals surface area contributed by atoms with Gasteiger partial charge in [-0.1, -0.05) is 24.3 Å². The third kappa shape index (κ3) is 13.1. The van der Waals surface area contributed by atoms with Crippen molar-refractivity contribution in [3.05, 3.63) is 96.1 Å².